The molecule has 2 aliphatic heterocycles. The number of halogens is 1. The average molecular weight is 444 g/mol. The van der Waals surface area contributed by atoms with Gasteiger partial charge in [0.25, 0.3) is 0 Å². The van der Waals surface area contributed by atoms with Gasteiger partial charge in [-0.2, -0.15) is 0 Å². The van der Waals surface area contributed by atoms with Crippen LogP contribution in [0.4, 0.5) is 4.39 Å². The number of carbonyl (C=O) groups excluding carboxylic acids is 2. The van der Waals surface area contributed by atoms with Gasteiger partial charge in [0.1, 0.15) is 12.4 Å². The van der Waals surface area contributed by atoms with Gasteiger partial charge >= 0.3 is 5.97 Å². The number of nitrogens with one attached hydrogen (secondary N) is 1. The molecule has 0 aromatic heterocycles. The highest BCUT2D eigenvalue weighted by Gasteiger charge is 2.42. The summed E-state index contributed by atoms with van der Waals surface area (Å²) in [6, 6.07) is 5.51. The van der Waals surface area contributed by atoms with Crippen molar-refractivity contribution in [2.75, 3.05) is 13.2 Å². The summed E-state index contributed by atoms with van der Waals surface area (Å²) >= 11 is 1.35. The Labute approximate surface area is 185 Å². The topological polar surface area (TPSA) is 71.0 Å². The molecule has 2 heterocycles. The average Bonchev–Trinajstić information content (AvgIpc) is 3.12. The zero-order valence-corrected chi connectivity index (χ0v) is 18.7. The number of aliphatic imine (C=N–C) groups is 1. The maximum absolute atomic E-state index is 14.9. The molecule has 6 nitrogen and oxygen atoms in total. The number of nitrogens with zero attached hydrogens (tertiary/aromatic N) is 2. The summed E-state index contributed by atoms with van der Waals surface area (Å²) in [4.78, 5) is 31.7. The molecule has 2 aliphatic rings. The van der Waals surface area contributed by atoms with Gasteiger partial charge in [-0.15, -0.1) is 0 Å². The molecular formula is C23H26FN3O3S. The van der Waals surface area contributed by atoms with Gasteiger partial charge in [0, 0.05) is 17.8 Å². The van der Waals surface area contributed by atoms with Crippen molar-refractivity contribution in [3.8, 4) is 0 Å². The maximum Gasteiger partial charge on any atom is 0.338 e. The molecular weight excluding hydrogens is 417 g/mol. The first-order valence-corrected chi connectivity index (χ1v) is 10.9. The minimum atomic E-state index is -0.787. The first-order chi connectivity index (χ1) is 14.8. The lowest BCUT2D eigenvalue weighted by atomic mass is 9.93. The van der Waals surface area contributed by atoms with Crippen LogP contribution in [0.3, 0.4) is 0 Å². The number of allylic oxidation sites excluding steroid dienone is 1. The number of benzene rings is 1. The second-order valence-electron chi connectivity index (χ2n) is 7.68. The van der Waals surface area contributed by atoms with Crippen LogP contribution in [-0.2, 0) is 14.3 Å². The summed E-state index contributed by atoms with van der Waals surface area (Å²) in [7, 11) is 0. The summed E-state index contributed by atoms with van der Waals surface area (Å²) in [6.45, 7) is 9.90. The minimum Gasteiger partial charge on any atom is -0.458 e. The number of carbonyl (C=O) groups is 2. The van der Waals surface area contributed by atoms with Crippen molar-refractivity contribution < 1.29 is 18.7 Å². The van der Waals surface area contributed by atoms with Crippen molar-refractivity contribution >= 4 is 28.8 Å². The zero-order chi connectivity index (χ0) is 22.5. The lowest BCUT2D eigenvalue weighted by molar-refractivity contribution is -0.138. The van der Waals surface area contributed by atoms with E-state index in [0.717, 1.165) is 0 Å². The Bertz CT molecular complexity index is 984. The number of fused-ring (bicyclic) bond motifs is 1. The van der Waals surface area contributed by atoms with Crippen molar-refractivity contribution in [1.29, 1.82) is 0 Å². The number of amides is 1. The van der Waals surface area contributed by atoms with Crippen LogP contribution in [0.25, 0.3) is 0 Å². The van der Waals surface area contributed by atoms with E-state index in [-0.39, 0.29) is 24.5 Å². The first kappa shape index (κ1) is 22.8. The molecule has 1 atom stereocenters. The van der Waals surface area contributed by atoms with Gasteiger partial charge in [-0.05, 0) is 24.3 Å². The number of hydrogen-bond donors (Lipinski definition) is 1. The Balaban J connectivity index is 1.99. The van der Waals surface area contributed by atoms with Crippen LogP contribution in [0.2, 0.25) is 0 Å². The monoisotopic (exact) mass is 443 g/mol. The SMILES string of the molecule is C=CCOC(=O)C1=C(C)N=C2SC=C(CC(=O)NCC(C)C)N2C1c1ccccc1F. The molecule has 0 aliphatic carbocycles. The lowest BCUT2D eigenvalue weighted by Gasteiger charge is -2.36. The van der Waals surface area contributed by atoms with Crippen molar-refractivity contribution in [1.82, 2.24) is 10.2 Å². The zero-order valence-electron chi connectivity index (χ0n) is 17.9. The summed E-state index contributed by atoms with van der Waals surface area (Å²) < 4.78 is 20.2. The molecule has 8 heteroatoms. The van der Waals surface area contributed by atoms with E-state index in [9.17, 15) is 14.0 Å². The molecule has 1 aromatic carbocycles. The van der Waals surface area contributed by atoms with E-state index in [1.165, 1.54) is 23.9 Å². The van der Waals surface area contributed by atoms with Crippen molar-refractivity contribution in [3.05, 3.63) is 70.7 Å². The third-order valence-corrected chi connectivity index (χ3v) is 5.69. The van der Waals surface area contributed by atoms with Gasteiger partial charge < -0.3 is 15.0 Å². The highest BCUT2D eigenvalue weighted by atomic mass is 32.2. The maximum atomic E-state index is 14.9. The second-order valence-corrected chi connectivity index (χ2v) is 8.51. The van der Waals surface area contributed by atoms with E-state index in [4.69, 9.17) is 4.74 Å². The molecule has 0 bridgehead atoms. The normalized spacial score (nSPS) is 17.8. The van der Waals surface area contributed by atoms with E-state index in [1.807, 2.05) is 19.3 Å². The van der Waals surface area contributed by atoms with Crippen molar-refractivity contribution in [3.63, 3.8) is 0 Å². The number of esters is 1. The number of rotatable bonds is 8. The molecule has 3 rings (SSSR count). The number of hydrogen-bond acceptors (Lipinski definition) is 6. The van der Waals surface area contributed by atoms with Crippen LogP contribution in [0, 0.1) is 11.7 Å². The van der Waals surface area contributed by atoms with Crippen LogP contribution in [0.1, 0.15) is 38.8 Å². The summed E-state index contributed by atoms with van der Waals surface area (Å²) in [5.74, 6) is -0.854. The number of ether oxygens (including phenoxy) is 1. The highest BCUT2D eigenvalue weighted by Crippen LogP contribution is 2.45. The minimum absolute atomic E-state index is 0.0330. The summed E-state index contributed by atoms with van der Waals surface area (Å²) in [6.07, 6.45) is 1.57. The second kappa shape index (κ2) is 9.96. The Morgan fingerprint density at radius 1 is 1.39 bits per heavy atom. The van der Waals surface area contributed by atoms with E-state index < -0.39 is 17.8 Å². The molecule has 1 unspecified atom stereocenters. The van der Waals surface area contributed by atoms with Gasteiger partial charge in [-0.3, -0.25) is 4.79 Å². The molecule has 1 amide bonds. The Morgan fingerprint density at radius 2 is 2.13 bits per heavy atom. The Kier molecular flexibility index (Phi) is 7.33. The highest BCUT2D eigenvalue weighted by molar-refractivity contribution is 8.16. The van der Waals surface area contributed by atoms with Gasteiger partial charge in [0.15, 0.2) is 5.17 Å². The predicted molar refractivity (Wildman–Crippen MR) is 120 cm³/mol. The van der Waals surface area contributed by atoms with E-state index in [0.29, 0.717) is 34.6 Å². The Hall–Kier alpha value is -2.87. The largest absolute Gasteiger partial charge is 0.458 e. The molecule has 1 aromatic rings. The first-order valence-electron chi connectivity index (χ1n) is 10.1. The van der Waals surface area contributed by atoms with Crippen LogP contribution in [-0.4, -0.2) is 35.1 Å². The fourth-order valence-corrected chi connectivity index (χ4v) is 4.34. The van der Waals surface area contributed by atoms with Crippen molar-refractivity contribution in [2.24, 2.45) is 10.9 Å². The van der Waals surface area contributed by atoms with Crippen LogP contribution in [0.5, 0.6) is 0 Å². The lowest BCUT2D eigenvalue weighted by Crippen LogP contribution is -2.38. The molecule has 0 fully saturated rings. The summed E-state index contributed by atoms with van der Waals surface area (Å²) in [5, 5.41) is 5.32. The predicted octanol–water partition coefficient (Wildman–Crippen LogP) is 4.29. The number of amidine groups is 1. The van der Waals surface area contributed by atoms with Gasteiger partial charge in [0.2, 0.25) is 5.91 Å². The third-order valence-electron chi connectivity index (χ3n) is 4.80. The molecule has 0 saturated carbocycles. The fourth-order valence-electron chi connectivity index (χ4n) is 3.38. The molecule has 0 spiro atoms. The quantitative estimate of drug-likeness (QED) is 0.479. The molecule has 31 heavy (non-hydrogen) atoms. The van der Waals surface area contributed by atoms with Crippen LogP contribution in [0.15, 0.2) is 64.3 Å². The number of thioether (sulfide) groups is 1. The van der Waals surface area contributed by atoms with Gasteiger partial charge in [-0.1, -0.05) is 56.5 Å². The fraction of sp³-hybridized carbons (Fsp3) is 0.348. The molecule has 164 valence electrons. The molecule has 1 N–H and O–H groups in total. The smallest absolute Gasteiger partial charge is 0.338 e. The van der Waals surface area contributed by atoms with Crippen LogP contribution < -0.4 is 5.32 Å². The van der Waals surface area contributed by atoms with Gasteiger partial charge in [-0.25, -0.2) is 14.2 Å². The molecule has 0 radical (unpaired) electrons. The Morgan fingerprint density at radius 3 is 2.81 bits per heavy atom. The van der Waals surface area contributed by atoms with Crippen LogP contribution >= 0.6 is 11.8 Å². The van der Waals surface area contributed by atoms with Crippen molar-refractivity contribution in [2.45, 2.75) is 33.2 Å². The summed E-state index contributed by atoms with van der Waals surface area (Å²) in [5.41, 5.74) is 1.67. The van der Waals surface area contributed by atoms with E-state index >= 15 is 0 Å². The van der Waals surface area contributed by atoms with E-state index in [1.54, 1.807) is 30.0 Å². The van der Waals surface area contributed by atoms with Gasteiger partial charge in [0.05, 0.1) is 23.7 Å². The third kappa shape index (κ3) is 5.07. The van der Waals surface area contributed by atoms with E-state index in [2.05, 4.69) is 16.9 Å². The molecule has 0 saturated heterocycles. The standard InChI is InChI=1S/C23H26FN3O3S/c1-5-10-30-22(29)20-15(4)26-23-27(21(20)17-8-6-7-9-18(17)24)16(13-31-23)11-19(28)25-12-14(2)3/h5-9,13-14,21H,1,10-12H2,2-4H3,(H,25,28).